The van der Waals surface area contributed by atoms with Crippen molar-refractivity contribution in [1.29, 1.82) is 0 Å². The molecule has 1 aromatic rings. The summed E-state index contributed by atoms with van der Waals surface area (Å²) in [7, 11) is 0. The van der Waals surface area contributed by atoms with E-state index in [4.69, 9.17) is 0 Å². The van der Waals surface area contributed by atoms with Gasteiger partial charge in [0.1, 0.15) is 0 Å². The maximum absolute atomic E-state index is 12.3. The molecule has 1 aliphatic heterocycles. The topological polar surface area (TPSA) is 23.6 Å². The van der Waals surface area contributed by atoms with Crippen molar-refractivity contribution < 1.29 is 4.79 Å². The van der Waals surface area contributed by atoms with E-state index in [1.165, 1.54) is 0 Å². The van der Waals surface area contributed by atoms with Crippen molar-refractivity contribution in [1.82, 2.24) is 9.80 Å². The summed E-state index contributed by atoms with van der Waals surface area (Å²) in [4.78, 5) is 16.7. The Morgan fingerprint density at radius 3 is 2.20 bits per heavy atom. The van der Waals surface area contributed by atoms with Gasteiger partial charge in [-0.3, -0.25) is 9.69 Å². The van der Waals surface area contributed by atoms with E-state index in [2.05, 4.69) is 18.7 Å². The lowest BCUT2D eigenvalue weighted by Crippen LogP contribution is -2.50. The van der Waals surface area contributed by atoms with Gasteiger partial charge in [-0.15, -0.1) is 0 Å². The molecule has 1 aliphatic rings. The standard InChI is InChI=1S/C15H22N2O.C2H6/c1-12(2)16-7-9-17(10-8-16)15(18)14-6-4-5-13(3)11-14;1-2/h4-6,11-12H,7-10H2,1-3H3;1-2H3. The first kappa shape index (κ1) is 16.7. The molecule has 20 heavy (non-hydrogen) atoms. The third kappa shape index (κ3) is 4.34. The summed E-state index contributed by atoms with van der Waals surface area (Å²) in [5.74, 6) is 0.169. The predicted molar refractivity (Wildman–Crippen MR) is 85.1 cm³/mol. The normalized spacial score (nSPS) is 15.8. The highest BCUT2D eigenvalue weighted by molar-refractivity contribution is 5.94. The highest BCUT2D eigenvalue weighted by Gasteiger charge is 2.23. The Morgan fingerprint density at radius 1 is 1.10 bits per heavy atom. The lowest BCUT2D eigenvalue weighted by Gasteiger charge is -2.37. The van der Waals surface area contributed by atoms with Crippen LogP contribution in [0.2, 0.25) is 0 Å². The smallest absolute Gasteiger partial charge is 0.253 e. The molecule has 1 fully saturated rings. The molecule has 0 aliphatic carbocycles. The number of nitrogens with zero attached hydrogens (tertiary/aromatic N) is 2. The first-order valence-electron chi connectivity index (χ1n) is 7.68. The molecule has 3 heteroatoms. The Morgan fingerprint density at radius 2 is 1.70 bits per heavy atom. The quantitative estimate of drug-likeness (QED) is 0.828. The molecule has 0 atom stereocenters. The van der Waals surface area contributed by atoms with E-state index in [0.29, 0.717) is 6.04 Å². The second-order valence-electron chi connectivity index (χ2n) is 5.29. The molecule has 0 radical (unpaired) electrons. The molecule has 0 aromatic heterocycles. The number of carbonyl (C=O) groups excluding carboxylic acids is 1. The summed E-state index contributed by atoms with van der Waals surface area (Å²) >= 11 is 0. The summed E-state index contributed by atoms with van der Waals surface area (Å²) in [5.41, 5.74) is 1.95. The number of carbonyl (C=O) groups is 1. The van der Waals surface area contributed by atoms with Gasteiger partial charge in [-0.2, -0.15) is 0 Å². The number of rotatable bonds is 2. The third-order valence-corrected chi connectivity index (χ3v) is 3.60. The summed E-state index contributed by atoms with van der Waals surface area (Å²) < 4.78 is 0. The van der Waals surface area contributed by atoms with Crippen molar-refractivity contribution in [2.45, 2.75) is 40.7 Å². The molecule has 112 valence electrons. The number of aryl methyl sites for hydroxylation is 1. The van der Waals surface area contributed by atoms with Crippen LogP contribution in [0, 0.1) is 6.92 Å². The highest BCUT2D eigenvalue weighted by atomic mass is 16.2. The SMILES string of the molecule is CC.Cc1cccc(C(=O)N2CCN(C(C)C)CC2)c1. The highest BCUT2D eigenvalue weighted by Crippen LogP contribution is 2.11. The van der Waals surface area contributed by atoms with Gasteiger partial charge in [0.2, 0.25) is 0 Å². The number of hydrogen-bond acceptors (Lipinski definition) is 2. The molecule has 0 N–H and O–H groups in total. The van der Waals surface area contributed by atoms with Gasteiger partial charge in [-0.25, -0.2) is 0 Å². The lowest BCUT2D eigenvalue weighted by atomic mass is 10.1. The molecule has 1 heterocycles. The maximum Gasteiger partial charge on any atom is 0.253 e. The molecule has 0 saturated carbocycles. The first-order valence-corrected chi connectivity index (χ1v) is 7.68. The van der Waals surface area contributed by atoms with Gasteiger partial charge in [-0.1, -0.05) is 31.5 Å². The minimum Gasteiger partial charge on any atom is -0.336 e. The van der Waals surface area contributed by atoms with Gasteiger partial charge >= 0.3 is 0 Å². The van der Waals surface area contributed by atoms with Crippen LogP contribution in [0.5, 0.6) is 0 Å². The van der Waals surface area contributed by atoms with Crippen molar-refractivity contribution in [3.8, 4) is 0 Å². The monoisotopic (exact) mass is 276 g/mol. The zero-order chi connectivity index (χ0) is 15.1. The largest absolute Gasteiger partial charge is 0.336 e. The van der Waals surface area contributed by atoms with E-state index >= 15 is 0 Å². The molecular weight excluding hydrogens is 248 g/mol. The van der Waals surface area contributed by atoms with E-state index in [-0.39, 0.29) is 5.91 Å². The third-order valence-electron chi connectivity index (χ3n) is 3.60. The van der Waals surface area contributed by atoms with E-state index < -0.39 is 0 Å². The average Bonchev–Trinajstić information content (AvgIpc) is 2.48. The van der Waals surface area contributed by atoms with E-state index in [9.17, 15) is 4.79 Å². The molecule has 2 rings (SSSR count). The fourth-order valence-corrected chi connectivity index (χ4v) is 2.40. The number of amides is 1. The van der Waals surface area contributed by atoms with Crippen molar-refractivity contribution in [3.05, 3.63) is 35.4 Å². The van der Waals surface area contributed by atoms with E-state index in [0.717, 1.165) is 37.3 Å². The number of hydrogen-bond donors (Lipinski definition) is 0. The Kier molecular flexibility index (Phi) is 6.73. The lowest BCUT2D eigenvalue weighted by molar-refractivity contribution is 0.0595. The van der Waals surface area contributed by atoms with E-state index in [1.807, 2.05) is 49.9 Å². The average molecular weight is 276 g/mol. The van der Waals surface area contributed by atoms with Crippen LogP contribution < -0.4 is 0 Å². The molecular formula is C17H28N2O. The van der Waals surface area contributed by atoms with Crippen molar-refractivity contribution in [2.24, 2.45) is 0 Å². The van der Waals surface area contributed by atoms with Crippen LogP contribution in [0.1, 0.15) is 43.6 Å². The number of benzene rings is 1. The Hall–Kier alpha value is -1.35. The van der Waals surface area contributed by atoms with Crippen LogP contribution in [0.3, 0.4) is 0 Å². The summed E-state index contributed by atoms with van der Waals surface area (Å²) in [6.07, 6.45) is 0. The van der Waals surface area contributed by atoms with Crippen LogP contribution in [0.4, 0.5) is 0 Å². The Labute approximate surface area is 123 Å². The van der Waals surface area contributed by atoms with Gasteiger partial charge in [0.15, 0.2) is 0 Å². The van der Waals surface area contributed by atoms with Crippen molar-refractivity contribution >= 4 is 5.91 Å². The Balaban J connectivity index is 0.000000956. The predicted octanol–water partition coefficient (Wildman–Crippen LogP) is 3.19. The second-order valence-corrected chi connectivity index (χ2v) is 5.29. The van der Waals surface area contributed by atoms with E-state index in [1.54, 1.807) is 0 Å². The van der Waals surface area contributed by atoms with Crippen LogP contribution in [-0.4, -0.2) is 47.9 Å². The van der Waals surface area contributed by atoms with Gasteiger partial charge in [-0.05, 0) is 32.9 Å². The first-order chi connectivity index (χ1) is 9.58. The second kappa shape index (κ2) is 8.05. The van der Waals surface area contributed by atoms with Gasteiger partial charge in [0, 0.05) is 37.8 Å². The fourth-order valence-electron chi connectivity index (χ4n) is 2.40. The minimum absolute atomic E-state index is 0.169. The molecule has 3 nitrogen and oxygen atoms in total. The molecule has 0 unspecified atom stereocenters. The zero-order valence-electron chi connectivity index (χ0n) is 13.5. The van der Waals surface area contributed by atoms with Gasteiger partial charge in [0.25, 0.3) is 5.91 Å². The van der Waals surface area contributed by atoms with Crippen LogP contribution in [-0.2, 0) is 0 Å². The summed E-state index contributed by atoms with van der Waals surface area (Å²) in [5, 5.41) is 0. The molecule has 0 spiro atoms. The molecule has 0 bridgehead atoms. The van der Waals surface area contributed by atoms with Gasteiger partial charge < -0.3 is 4.90 Å². The maximum atomic E-state index is 12.3. The minimum atomic E-state index is 0.169. The Bertz CT molecular complexity index is 421. The van der Waals surface area contributed by atoms with Crippen LogP contribution >= 0.6 is 0 Å². The van der Waals surface area contributed by atoms with Crippen molar-refractivity contribution in [2.75, 3.05) is 26.2 Å². The molecule has 1 amide bonds. The molecule has 1 saturated heterocycles. The van der Waals surface area contributed by atoms with Crippen LogP contribution in [0.15, 0.2) is 24.3 Å². The van der Waals surface area contributed by atoms with Crippen LogP contribution in [0.25, 0.3) is 0 Å². The fraction of sp³-hybridized carbons (Fsp3) is 0.588. The number of piperazine rings is 1. The summed E-state index contributed by atoms with van der Waals surface area (Å²) in [6.45, 7) is 14.1. The molecule has 1 aromatic carbocycles. The van der Waals surface area contributed by atoms with Crippen molar-refractivity contribution in [3.63, 3.8) is 0 Å². The zero-order valence-corrected chi connectivity index (χ0v) is 13.5. The summed E-state index contributed by atoms with van der Waals surface area (Å²) in [6, 6.07) is 8.42. The van der Waals surface area contributed by atoms with Gasteiger partial charge in [0.05, 0.1) is 0 Å².